The Morgan fingerprint density at radius 3 is 2.81 bits per heavy atom. The van der Waals surface area contributed by atoms with Crippen molar-refractivity contribution in [2.24, 2.45) is 5.41 Å². The lowest BCUT2D eigenvalue weighted by Gasteiger charge is -2.39. The Labute approximate surface area is 131 Å². The summed E-state index contributed by atoms with van der Waals surface area (Å²) in [4.78, 5) is 26.7. The average Bonchev–Trinajstić information content (AvgIpc) is 2.36. The second-order valence-corrected chi connectivity index (χ2v) is 6.20. The van der Waals surface area contributed by atoms with Gasteiger partial charge in [-0.2, -0.15) is 0 Å². The summed E-state index contributed by atoms with van der Waals surface area (Å²) in [5, 5.41) is 6.30. The molecule has 3 N–H and O–H groups in total. The van der Waals surface area contributed by atoms with Crippen molar-refractivity contribution in [3.63, 3.8) is 0 Å². The number of nitrogens with one attached hydrogen (secondary N) is 3. The summed E-state index contributed by atoms with van der Waals surface area (Å²) in [6.45, 7) is 7.72. The van der Waals surface area contributed by atoms with Crippen LogP contribution in [-0.4, -0.2) is 30.0 Å². The van der Waals surface area contributed by atoms with Crippen LogP contribution in [0.15, 0.2) is 17.1 Å². The second-order valence-electron chi connectivity index (χ2n) is 6.20. The highest BCUT2D eigenvalue weighted by atomic mass is 35.5. The highest BCUT2D eigenvalue weighted by Gasteiger charge is 2.32. The number of aromatic nitrogens is 1. The number of H-pyrrole nitrogens is 1. The van der Waals surface area contributed by atoms with Crippen LogP contribution in [0.25, 0.3) is 0 Å². The molecule has 1 aromatic rings. The van der Waals surface area contributed by atoms with Crippen LogP contribution in [0.3, 0.4) is 0 Å². The van der Waals surface area contributed by atoms with Crippen LogP contribution in [0.5, 0.6) is 0 Å². The monoisotopic (exact) mass is 313 g/mol. The second kappa shape index (κ2) is 7.09. The van der Waals surface area contributed by atoms with Gasteiger partial charge in [-0.3, -0.25) is 9.59 Å². The molecule has 2 rings (SSSR count). The first-order valence-electron chi connectivity index (χ1n) is 7.11. The standard InChI is InChI=1S/C15H23N3O2.ClH/c1-10-7-12(19)11(8-17-10)14(20)18-9-13-15(2,3)5-4-6-16-13;/h7-8,13,16H,4-6,9H2,1-3H3,(H,17,19)(H,18,20);1H. The van der Waals surface area contributed by atoms with Crippen LogP contribution in [0.4, 0.5) is 0 Å². The van der Waals surface area contributed by atoms with Gasteiger partial charge < -0.3 is 15.6 Å². The van der Waals surface area contributed by atoms with Crippen LogP contribution in [0.1, 0.15) is 42.7 Å². The van der Waals surface area contributed by atoms with E-state index in [1.807, 2.05) is 0 Å². The summed E-state index contributed by atoms with van der Waals surface area (Å²) in [6.07, 6.45) is 3.78. The van der Waals surface area contributed by atoms with Gasteiger partial charge in [-0.1, -0.05) is 13.8 Å². The number of pyridine rings is 1. The van der Waals surface area contributed by atoms with Gasteiger partial charge in [-0.25, -0.2) is 0 Å². The van der Waals surface area contributed by atoms with E-state index in [-0.39, 0.29) is 40.8 Å². The van der Waals surface area contributed by atoms with E-state index in [9.17, 15) is 9.59 Å². The lowest BCUT2D eigenvalue weighted by molar-refractivity contribution is 0.0927. The summed E-state index contributed by atoms with van der Waals surface area (Å²) < 4.78 is 0. The van der Waals surface area contributed by atoms with Crippen molar-refractivity contribution >= 4 is 18.3 Å². The largest absolute Gasteiger partial charge is 0.364 e. The third-order valence-corrected chi connectivity index (χ3v) is 4.10. The predicted octanol–water partition coefficient (Wildman–Crippen LogP) is 1.61. The molecule has 0 radical (unpaired) electrons. The molecule has 1 atom stereocenters. The molecule has 1 aliphatic heterocycles. The minimum Gasteiger partial charge on any atom is -0.364 e. The molecule has 6 heteroatoms. The number of halogens is 1. The number of amides is 1. The first-order valence-corrected chi connectivity index (χ1v) is 7.11. The lowest BCUT2D eigenvalue weighted by atomic mass is 9.77. The van der Waals surface area contributed by atoms with Gasteiger partial charge in [0.2, 0.25) is 0 Å². The van der Waals surface area contributed by atoms with Crippen LogP contribution in [0, 0.1) is 12.3 Å². The topological polar surface area (TPSA) is 74.0 Å². The third-order valence-electron chi connectivity index (χ3n) is 4.10. The average molecular weight is 314 g/mol. The van der Waals surface area contributed by atoms with Gasteiger partial charge in [0.25, 0.3) is 5.91 Å². The van der Waals surface area contributed by atoms with Crippen molar-refractivity contribution in [1.29, 1.82) is 0 Å². The molecule has 0 aromatic carbocycles. The van der Waals surface area contributed by atoms with Crippen LogP contribution >= 0.6 is 12.4 Å². The molecule has 0 saturated carbocycles. The number of hydrogen-bond acceptors (Lipinski definition) is 3. The molecule has 0 bridgehead atoms. The highest BCUT2D eigenvalue weighted by Crippen LogP contribution is 2.29. The number of piperidine rings is 1. The van der Waals surface area contributed by atoms with Gasteiger partial charge in [0, 0.05) is 30.5 Å². The zero-order valence-electron chi connectivity index (χ0n) is 12.8. The molecule has 1 aliphatic rings. The van der Waals surface area contributed by atoms with Crippen molar-refractivity contribution in [2.75, 3.05) is 13.1 Å². The zero-order valence-corrected chi connectivity index (χ0v) is 13.6. The van der Waals surface area contributed by atoms with Crippen molar-refractivity contribution in [3.05, 3.63) is 33.7 Å². The Balaban J connectivity index is 0.00000220. The van der Waals surface area contributed by atoms with Gasteiger partial charge in [0.05, 0.1) is 0 Å². The smallest absolute Gasteiger partial charge is 0.256 e. The third kappa shape index (κ3) is 4.32. The van der Waals surface area contributed by atoms with Crippen molar-refractivity contribution in [2.45, 2.75) is 39.7 Å². The van der Waals surface area contributed by atoms with Crippen molar-refractivity contribution in [3.8, 4) is 0 Å². The molecule has 2 heterocycles. The number of rotatable bonds is 3. The Morgan fingerprint density at radius 2 is 2.19 bits per heavy atom. The highest BCUT2D eigenvalue weighted by molar-refractivity contribution is 5.93. The number of aromatic amines is 1. The summed E-state index contributed by atoms with van der Waals surface area (Å²) >= 11 is 0. The summed E-state index contributed by atoms with van der Waals surface area (Å²) in [6, 6.07) is 1.68. The van der Waals surface area contributed by atoms with Crippen molar-refractivity contribution < 1.29 is 4.79 Å². The molecule has 1 saturated heterocycles. The lowest BCUT2D eigenvalue weighted by Crippen LogP contribution is -2.53. The molecule has 21 heavy (non-hydrogen) atoms. The predicted molar refractivity (Wildman–Crippen MR) is 86.2 cm³/mol. The molecule has 1 amide bonds. The van der Waals surface area contributed by atoms with Gasteiger partial charge >= 0.3 is 0 Å². The van der Waals surface area contributed by atoms with Gasteiger partial charge in [-0.05, 0) is 31.7 Å². The maximum absolute atomic E-state index is 12.1. The SMILES string of the molecule is Cc1cc(=O)c(C(=O)NCC2NCCCC2(C)C)c[nH]1.Cl. The van der Waals surface area contributed by atoms with Crippen molar-refractivity contribution in [1.82, 2.24) is 15.6 Å². The minimum atomic E-state index is -0.311. The molecule has 118 valence electrons. The molecule has 1 fully saturated rings. The molecular formula is C15H24ClN3O2. The maximum Gasteiger partial charge on any atom is 0.256 e. The van der Waals surface area contributed by atoms with Crippen LogP contribution in [0.2, 0.25) is 0 Å². The fourth-order valence-corrected chi connectivity index (χ4v) is 2.66. The van der Waals surface area contributed by atoms with E-state index in [1.54, 1.807) is 6.92 Å². The fourth-order valence-electron chi connectivity index (χ4n) is 2.66. The molecular weight excluding hydrogens is 290 g/mol. The van der Waals surface area contributed by atoms with Gasteiger partial charge in [-0.15, -0.1) is 12.4 Å². The zero-order chi connectivity index (χ0) is 14.8. The van der Waals surface area contributed by atoms with E-state index < -0.39 is 0 Å². The number of aryl methyl sites for hydroxylation is 1. The summed E-state index contributed by atoms with van der Waals surface area (Å²) in [5.74, 6) is -0.311. The van der Waals surface area contributed by atoms with E-state index in [1.165, 1.54) is 12.3 Å². The minimum absolute atomic E-state index is 0. The van der Waals surface area contributed by atoms with Crippen LogP contribution in [-0.2, 0) is 0 Å². The quantitative estimate of drug-likeness (QED) is 0.794. The van der Waals surface area contributed by atoms with E-state index in [2.05, 4.69) is 29.5 Å². The normalized spacial score (nSPS) is 20.4. The van der Waals surface area contributed by atoms with E-state index in [0.717, 1.165) is 25.1 Å². The Hall–Kier alpha value is -1.33. The van der Waals surface area contributed by atoms with Gasteiger partial charge in [0.1, 0.15) is 5.56 Å². The first kappa shape index (κ1) is 17.7. The summed E-state index contributed by atoms with van der Waals surface area (Å²) in [7, 11) is 0. The molecule has 0 spiro atoms. The Kier molecular flexibility index (Phi) is 5.98. The van der Waals surface area contributed by atoms with E-state index in [0.29, 0.717) is 6.54 Å². The van der Waals surface area contributed by atoms with E-state index in [4.69, 9.17) is 0 Å². The van der Waals surface area contributed by atoms with E-state index >= 15 is 0 Å². The summed E-state index contributed by atoms with van der Waals surface area (Å²) in [5.41, 5.74) is 0.839. The first-order chi connectivity index (χ1) is 9.40. The Morgan fingerprint density at radius 1 is 1.48 bits per heavy atom. The number of hydrogen-bond donors (Lipinski definition) is 3. The van der Waals surface area contributed by atoms with Crippen LogP contribution < -0.4 is 16.1 Å². The number of carbonyl (C=O) groups excluding carboxylic acids is 1. The fraction of sp³-hybridized carbons (Fsp3) is 0.600. The number of carbonyl (C=O) groups is 1. The molecule has 5 nitrogen and oxygen atoms in total. The maximum atomic E-state index is 12.1. The Bertz CT molecular complexity index is 554. The van der Waals surface area contributed by atoms with Gasteiger partial charge in [0.15, 0.2) is 5.43 Å². The molecule has 1 unspecified atom stereocenters. The molecule has 1 aromatic heterocycles. The molecule has 0 aliphatic carbocycles.